The number of thiazole rings is 1. The maximum Gasteiger partial charge on any atom is 0.230 e. The molecule has 2 aromatic heterocycles. The minimum absolute atomic E-state index is 0.308. The van der Waals surface area contributed by atoms with Crippen molar-refractivity contribution >= 4 is 23.2 Å². The molecule has 0 bridgehead atoms. The fourth-order valence-corrected chi connectivity index (χ4v) is 4.07. The summed E-state index contributed by atoms with van der Waals surface area (Å²) in [6.45, 7) is 2.95. The summed E-state index contributed by atoms with van der Waals surface area (Å²) in [6.07, 6.45) is 7.42. The Labute approximate surface area is 149 Å². The predicted octanol–water partition coefficient (Wildman–Crippen LogP) is 1.47. The van der Waals surface area contributed by atoms with Crippen LogP contribution in [0, 0.1) is 0 Å². The van der Waals surface area contributed by atoms with E-state index in [4.69, 9.17) is 15.2 Å². The summed E-state index contributed by atoms with van der Waals surface area (Å²) in [7, 11) is 0. The van der Waals surface area contributed by atoms with Gasteiger partial charge in [-0.2, -0.15) is 0 Å². The van der Waals surface area contributed by atoms with Gasteiger partial charge in [-0.25, -0.2) is 15.0 Å². The quantitative estimate of drug-likeness (QED) is 0.860. The van der Waals surface area contributed by atoms with Crippen LogP contribution in [0.2, 0.25) is 0 Å². The number of rotatable bonds is 5. The molecule has 1 saturated heterocycles. The van der Waals surface area contributed by atoms with Crippen molar-refractivity contribution in [2.45, 2.75) is 24.7 Å². The van der Waals surface area contributed by atoms with E-state index in [-0.39, 0.29) is 5.91 Å². The van der Waals surface area contributed by atoms with Gasteiger partial charge in [-0.1, -0.05) is 17.8 Å². The molecule has 1 amide bonds. The smallest absolute Gasteiger partial charge is 0.230 e. The van der Waals surface area contributed by atoms with Gasteiger partial charge in [0.1, 0.15) is 10.4 Å². The van der Waals surface area contributed by atoms with Gasteiger partial charge in [0.25, 0.3) is 0 Å². The number of hydrogen-bond acceptors (Lipinski definition) is 8. The van der Waals surface area contributed by atoms with Crippen molar-refractivity contribution in [2.24, 2.45) is 5.73 Å². The van der Waals surface area contributed by atoms with Gasteiger partial charge < -0.3 is 20.1 Å². The van der Waals surface area contributed by atoms with Crippen molar-refractivity contribution in [3.8, 4) is 10.8 Å². The summed E-state index contributed by atoms with van der Waals surface area (Å²) in [6, 6.07) is 0. The molecule has 2 N–H and O–H groups in total. The molecule has 1 saturated carbocycles. The maximum absolute atomic E-state index is 11.8. The average molecular weight is 361 g/mol. The first-order chi connectivity index (χ1) is 12.2. The maximum atomic E-state index is 11.8. The average Bonchev–Trinajstić information content (AvgIpc) is 3.03. The van der Waals surface area contributed by atoms with Gasteiger partial charge in [0.2, 0.25) is 16.9 Å². The predicted molar refractivity (Wildman–Crippen MR) is 92.0 cm³/mol. The number of nitrogens with two attached hydrogens (primary N) is 1. The number of carbonyl (C=O) groups excluding carboxylic acids is 1. The number of aromatic nitrogens is 3. The number of carbonyl (C=O) groups is 1. The van der Waals surface area contributed by atoms with Crippen LogP contribution in [0.1, 0.15) is 24.3 Å². The number of primary amides is 1. The van der Waals surface area contributed by atoms with Gasteiger partial charge in [0.05, 0.1) is 31.8 Å². The first-order valence-electron chi connectivity index (χ1n) is 8.26. The minimum atomic E-state index is -0.608. The Balaban J connectivity index is 1.45. The van der Waals surface area contributed by atoms with Crippen LogP contribution < -0.4 is 15.4 Å². The highest BCUT2D eigenvalue weighted by atomic mass is 32.1. The van der Waals surface area contributed by atoms with E-state index >= 15 is 0 Å². The van der Waals surface area contributed by atoms with Gasteiger partial charge >= 0.3 is 0 Å². The van der Waals surface area contributed by atoms with Crippen LogP contribution in [-0.4, -0.2) is 47.2 Å². The van der Waals surface area contributed by atoms with Crippen molar-refractivity contribution in [3.63, 3.8) is 0 Å². The minimum Gasteiger partial charge on any atom is -0.442 e. The SMILES string of the molecule is NC(=O)C1(c2ncc(Oc3cnc(N4CCOCC4)nc3)s2)CCC1. The van der Waals surface area contributed by atoms with Crippen molar-refractivity contribution in [3.05, 3.63) is 23.6 Å². The molecule has 3 heterocycles. The Morgan fingerprint density at radius 3 is 2.52 bits per heavy atom. The standard InChI is InChI=1S/C16H19N5O3S/c17-13(22)16(2-1-3-16)14-18-10-12(25-14)24-11-8-19-15(20-9-11)21-4-6-23-7-5-21/h8-10H,1-7H2,(H2,17,22). The number of morpholine rings is 1. The second-order valence-corrected chi connectivity index (χ2v) is 7.20. The third kappa shape index (κ3) is 3.05. The second-order valence-electron chi connectivity index (χ2n) is 6.20. The van der Waals surface area contributed by atoms with Gasteiger partial charge in [-0.15, -0.1) is 0 Å². The van der Waals surface area contributed by atoms with E-state index in [1.54, 1.807) is 18.6 Å². The number of amides is 1. The first kappa shape index (κ1) is 16.2. The molecule has 0 radical (unpaired) electrons. The van der Waals surface area contributed by atoms with Crippen LogP contribution in [0.3, 0.4) is 0 Å². The molecule has 0 spiro atoms. The van der Waals surface area contributed by atoms with Crippen molar-refractivity contribution in [1.29, 1.82) is 0 Å². The molecule has 1 aliphatic carbocycles. The molecule has 9 heteroatoms. The molecule has 1 aliphatic heterocycles. The fraction of sp³-hybridized carbons (Fsp3) is 0.500. The Hall–Kier alpha value is -2.26. The highest BCUT2D eigenvalue weighted by Gasteiger charge is 2.46. The Kier molecular flexibility index (Phi) is 4.26. The van der Waals surface area contributed by atoms with Gasteiger partial charge in [-0.05, 0) is 12.8 Å². The summed E-state index contributed by atoms with van der Waals surface area (Å²) < 4.78 is 11.1. The first-order valence-corrected chi connectivity index (χ1v) is 9.08. The molecule has 132 valence electrons. The molecule has 0 atom stereocenters. The summed E-state index contributed by atoms with van der Waals surface area (Å²) in [5, 5.41) is 1.33. The third-order valence-electron chi connectivity index (χ3n) is 4.70. The molecule has 2 aromatic rings. The number of anilines is 1. The van der Waals surface area contributed by atoms with Gasteiger partial charge in [0.15, 0.2) is 5.75 Å². The zero-order valence-corrected chi connectivity index (χ0v) is 14.5. The van der Waals surface area contributed by atoms with E-state index in [0.29, 0.717) is 30.0 Å². The number of ether oxygens (including phenoxy) is 2. The van der Waals surface area contributed by atoms with E-state index in [2.05, 4.69) is 19.9 Å². The molecule has 0 unspecified atom stereocenters. The molecular weight excluding hydrogens is 342 g/mol. The summed E-state index contributed by atoms with van der Waals surface area (Å²) in [4.78, 5) is 26.9. The Morgan fingerprint density at radius 2 is 1.92 bits per heavy atom. The highest BCUT2D eigenvalue weighted by Crippen LogP contribution is 2.46. The van der Waals surface area contributed by atoms with E-state index < -0.39 is 5.41 Å². The lowest BCUT2D eigenvalue weighted by Crippen LogP contribution is -2.46. The number of nitrogens with zero attached hydrogens (tertiary/aromatic N) is 4. The van der Waals surface area contributed by atoms with Crippen molar-refractivity contribution < 1.29 is 14.3 Å². The van der Waals surface area contributed by atoms with E-state index in [9.17, 15) is 4.79 Å². The summed E-state index contributed by atoms with van der Waals surface area (Å²) >= 11 is 1.35. The van der Waals surface area contributed by atoms with Crippen LogP contribution in [0.15, 0.2) is 18.6 Å². The second kappa shape index (κ2) is 6.57. The third-order valence-corrected chi connectivity index (χ3v) is 5.78. The lowest BCUT2D eigenvalue weighted by Gasteiger charge is -2.36. The molecule has 0 aromatic carbocycles. The van der Waals surface area contributed by atoms with E-state index in [1.807, 2.05) is 0 Å². The lowest BCUT2D eigenvalue weighted by molar-refractivity contribution is -0.126. The Morgan fingerprint density at radius 1 is 1.20 bits per heavy atom. The van der Waals surface area contributed by atoms with Crippen LogP contribution in [-0.2, 0) is 14.9 Å². The summed E-state index contributed by atoms with van der Waals surface area (Å²) in [5.74, 6) is 0.898. The van der Waals surface area contributed by atoms with E-state index in [0.717, 1.165) is 37.4 Å². The number of hydrogen-bond donors (Lipinski definition) is 1. The topological polar surface area (TPSA) is 103 Å². The van der Waals surface area contributed by atoms with Gasteiger partial charge in [0, 0.05) is 13.1 Å². The fourth-order valence-electron chi connectivity index (χ4n) is 3.03. The van der Waals surface area contributed by atoms with Crippen LogP contribution in [0.4, 0.5) is 5.95 Å². The molecule has 4 rings (SSSR count). The largest absolute Gasteiger partial charge is 0.442 e. The molecule has 8 nitrogen and oxygen atoms in total. The van der Waals surface area contributed by atoms with E-state index in [1.165, 1.54) is 11.3 Å². The summed E-state index contributed by atoms with van der Waals surface area (Å²) in [5.41, 5.74) is 4.96. The molecule has 2 aliphatic rings. The lowest BCUT2D eigenvalue weighted by atomic mass is 9.69. The van der Waals surface area contributed by atoms with Crippen LogP contribution in [0.5, 0.6) is 10.8 Å². The zero-order valence-electron chi connectivity index (χ0n) is 13.7. The molecule has 2 fully saturated rings. The normalized spacial score (nSPS) is 19.3. The van der Waals surface area contributed by atoms with Crippen LogP contribution >= 0.6 is 11.3 Å². The van der Waals surface area contributed by atoms with Crippen LogP contribution in [0.25, 0.3) is 0 Å². The van der Waals surface area contributed by atoms with Gasteiger partial charge in [-0.3, -0.25) is 4.79 Å². The zero-order chi connectivity index (χ0) is 17.3. The Bertz CT molecular complexity index is 753. The van der Waals surface area contributed by atoms with Crippen molar-refractivity contribution in [2.75, 3.05) is 31.2 Å². The van der Waals surface area contributed by atoms with Crippen molar-refractivity contribution in [1.82, 2.24) is 15.0 Å². The molecular formula is C16H19N5O3S. The monoisotopic (exact) mass is 361 g/mol. The molecule has 25 heavy (non-hydrogen) atoms. The highest BCUT2D eigenvalue weighted by molar-refractivity contribution is 7.13.